The molecule has 0 spiro atoms. The summed E-state index contributed by atoms with van der Waals surface area (Å²) in [5.74, 6) is -12.4. The van der Waals surface area contributed by atoms with E-state index in [1.54, 1.807) is 12.1 Å². The average Bonchev–Trinajstić information content (AvgIpc) is 2.59. The van der Waals surface area contributed by atoms with Gasteiger partial charge in [0, 0.05) is 0 Å². The molecule has 0 saturated carbocycles. The maximum Gasteiger partial charge on any atom is 0.345 e. The lowest BCUT2D eigenvalue weighted by molar-refractivity contribution is 0.352. The third-order valence-electron chi connectivity index (χ3n) is 3.62. The summed E-state index contributed by atoms with van der Waals surface area (Å²) in [6.07, 6.45) is 3.73. The number of benzene rings is 2. The first-order chi connectivity index (χ1) is 12.2. The summed E-state index contributed by atoms with van der Waals surface area (Å²) in [5.41, 5.74) is 0.888. The van der Waals surface area contributed by atoms with Gasteiger partial charge < -0.3 is 4.18 Å². The second-order valence-corrected chi connectivity index (χ2v) is 7.02. The van der Waals surface area contributed by atoms with E-state index >= 15 is 0 Å². The van der Waals surface area contributed by atoms with Gasteiger partial charge in [0.1, 0.15) is 5.75 Å². The molecular weight excluding hydrogens is 506 g/mol. The first kappa shape index (κ1) is 23.6. The third-order valence-corrected chi connectivity index (χ3v) is 4.89. The maximum absolute atomic E-state index is 13.7. The van der Waals surface area contributed by atoms with E-state index in [0.29, 0.717) is 0 Å². The molecule has 10 heteroatoms. The van der Waals surface area contributed by atoms with Gasteiger partial charge in [0.2, 0.25) is 5.82 Å². The first-order valence-electron chi connectivity index (χ1n) is 7.74. The van der Waals surface area contributed by atoms with Crippen LogP contribution in [0.3, 0.4) is 0 Å². The molecule has 27 heavy (non-hydrogen) atoms. The summed E-state index contributed by atoms with van der Waals surface area (Å²) in [7, 11) is -5.27. The molecule has 0 aliphatic carbocycles. The minimum Gasteiger partial charge on any atom is -0.379 e. The summed E-state index contributed by atoms with van der Waals surface area (Å²) in [6.45, 7) is 2.04. The number of halogens is 6. The van der Waals surface area contributed by atoms with Crippen molar-refractivity contribution < 1.29 is 34.6 Å². The van der Waals surface area contributed by atoms with E-state index in [2.05, 4.69) is 4.18 Å². The Morgan fingerprint density at radius 1 is 0.815 bits per heavy atom. The molecule has 0 heterocycles. The standard InChI is InChI=1S/C17H15F5O3S.HI/c1-2-3-4-5-10-6-8-11(9-7-10)25-26(23,24)17-15(21)13(19)12(18)14(20)16(17)22;/h6-9H,2-5H2,1H3;1H. The number of aryl methyl sites for hydroxylation is 1. The Kier molecular flexibility index (Phi) is 8.46. The SMILES string of the molecule is CCCCCc1ccc(OS(=O)(=O)c2c(F)c(F)c(F)c(F)c2F)cc1.I. The molecule has 2 rings (SSSR count). The lowest BCUT2D eigenvalue weighted by Gasteiger charge is -2.11. The molecule has 150 valence electrons. The lowest BCUT2D eigenvalue weighted by Crippen LogP contribution is -2.17. The van der Waals surface area contributed by atoms with Gasteiger partial charge in [-0.3, -0.25) is 0 Å². The van der Waals surface area contributed by atoms with Crippen molar-refractivity contribution >= 4 is 34.1 Å². The second-order valence-electron chi connectivity index (χ2n) is 5.54. The Bertz CT molecular complexity index is 873. The van der Waals surface area contributed by atoms with Crippen molar-refractivity contribution in [2.24, 2.45) is 0 Å². The van der Waals surface area contributed by atoms with E-state index in [9.17, 15) is 30.4 Å². The van der Waals surface area contributed by atoms with Crippen LogP contribution in [-0.2, 0) is 16.5 Å². The van der Waals surface area contributed by atoms with Crippen LogP contribution in [0.5, 0.6) is 5.75 Å². The quantitative estimate of drug-likeness (QED) is 0.121. The molecule has 0 atom stereocenters. The highest BCUT2D eigenvalue weighted by Crippen LogP contribution is 2.29. The monoisotopic (exact) mass is 522 g/mol. The normalized spacial score (nSPS) is 11.2. The van der Waals surface area contributed by atoms with Crippen LogP contribution < -0.4 is 4.18 Å². The zero-order valence-corrected chi connectivity index (χ0v) is 17.2. The van der Waals surface area contributed by atoms with Crippen molar-refractivity contribution in [2.75, 3.05) is 0 Å². The summed E-state index contributed by atoms with van der Waals surface area (Å²) in [4.78, 5) is -2.03. The van der Waals surface area contributed by atoms with Gasteiger partial charge in [-0.1, -0.05) is 31.9 Å². The van der Waals surface area contributed by atoms with Crippen molar-refractivity contribution in [1.82, 2.24) is 0 Å². The van der Waals surface area contributed by atoms with Crippen LogP contribution in [0.15, 0.2) is 29.2 Å². The fourth-order valence-corrected chi connectivity index (χ4v) is 3.33. The fourth-order valence-electron chi connectivity index (χ4n) is 2.26. The van der Waals surface area contributed by atoms with Crippen LogP contribution in [0.4, 0.5) is 22.0 Å². The minimum atomic E-state index is -5.27. The summed E-state index contributed by atoms with van der Waals surface area (Å²) in [6, 6.07) is 5.59. The largest absolute Gasteiger partial charge is 0.379 e. The van der Waals surface area contributed by atoms with Gasteiger partial charge in [0.25, 0.3) is 0 Å². The topological polar surface area (TPSA) is 43.4 Å². The second kappa shape index (κ2) is 9.67. The number of unbranched alkanes of at least 4 members (excludes halogenated alkanes) is 2. The van der Waals surface area contributed by atoms with Gasteiger partial charge in [0.15, 0.2) is 28.2 Å². The van der Waals surface area contributed by atoms with Crippen LogP contribution in [0.25, 0.3) is 0 Å². The number of hydrogen-bond donors (Lipinski definition) is 0. The molecule has 0 saturated heterocycles. The summed E-state index contributed by atoms with van der Waals surface area (Å²) < 4.78 is 95.2. The number of hydrogen-bond acceptors (Lipinski definition) is 3. The van der Waals surface area contributed by atoms with E-state index in [4.69, 9.17) is 0 Å². The summed E-state index contributed by atoms with van der Waals surface area (Å²) >= 11 is 0. The Morgan fingerprint density at radius 2 is 1.30 bits per heavy atom. The zero-order chi connectivity index (χ0) is 19.5. The molecule has 0 fully saturated rings. The Labute approximate surface area is 170 Å². The van der Waals surface area contributed by atoms with Gasteiger partial charge >= 0.3 is 10.1 Å². The summed E-state index contributed by atoms with van der Waals surface area (Å²) in [5, 5.41) is 0. The molecule has 0 aliphatic heterocycles. The van der Waals surface area contributed by atoms with Crippen molar-refractivity contribution in [3.05, 3.63) is 58.9 Å². The molecule has 0 aromatic heterocycles. The highest BCUT2D eigenvalue weighted by atomic mass is 127. The van der Waals surface area contributed by atoms with Crippen molar-refractivity contribution in [3.8, 4) is 5.75 Å². The predicted molar refractivity (Wildman–Crippen MR) is 99.1 cm³/mol. The smallest absolute Gasteiger partial charge is 0.345 e. The van der Waals surface area contributed by atoms with E-state index in [1.165, 1.54) is 12.1 Å². The van der Waals surface area contributed by atoms with Crippen LogP contribution in [0, 0.1) is 29.1 Å². The highest BCUT2D eigenvalue weighted by Gasteiger charge is 2.35. The van der Waals surface area contributed by atoms with Gasteiger partial charge in [-0.2, -0.15) is 8.42 Å². The molecule has 2 aromatic rings. The Balaban J connectivity index is 0.00000364. The molecule has 0 bridgehead atoms. The van der Waals surface area contributed by atoms with Crippen molar-refractivity contribution in [2.45, 2.75) is 37.5 Å². The fraction of sp³-hybridized carbons (Fsp3) is 0.294. The Morgan fingerprint density at radius 3 is 1.78 bits per heavy atom. The highest BCUT2D eigenvalue weighted by molar-refractivity contribution is 14.0. The minimum absolute atomic E-state index is 0. The maximum atomic E-state index is 13.7. The zero-order valence-electron chi connectivity index (χ0n) is 14.1. The van der Waals surface area contributed by atoms with Gasteiger partial charge in [-0.05, 0) is 30.5 Å². The van der Waals surface area contributed by atoms with Gasteiger partial charge in [-0.25, -0.2) is 22.0 Å². The Hall–Kier alpha value is -1.43. The van der Waals surface area contributed by atoms with Crippen molar-refractivity contribution in [3.63, 3.8) is 0 Å². The van der Waals surface area contributed by atoms with Gasteiger partial charge in [0.05, 0.1) is 0 Å². The van der Waals surface area contributed by atoms with Crippen LogP contribution >= 0.6 is 24.0 Å². The van der Waals surface area contributed by atoms with Crippen LogP contribution in [0.2, 0.25) is 0 Å². The predicted octanol–water partition coefficient (Wildman–Crippen LogP) is 5.50. The van der Waals surface area contributed by atoms with E-state index in [0.717, 1.165) is 31.2 Å². The van der Waals surface area contributed by atoms with Crippen LogP contribution in [0.1, 0.15) is 31.7 Å². The van der Waals surface area contributed by atoms with Crippen LogP contribution in [-0.4, -0.2) is 8.42 Å². The lowest BCUT2D eigenvalue weighted by atomic mass is 10.1. The van der Waals surface area contributed by atoms with Crippen molar-refractivity contribution in [1.29, 1.82) is 0 Å². The molecule has 0 N–H and O–H groups in total. The molecular formula is C17H16F5IO3S. The molecule has 3 nitrogen and oxygen atoms in total. The molecule has 0 aliphatic rings. The third kappa shape index (κ3) is 5.31. The van der Waals surface area contributed by atoms with E-state index in [-0.39, 0.29) is 29.7 Å². The van der Waals surface area contributed by atoms with Gasteiger partial charge in [-0.15, -0.1) is 24.0 Å². The molecule has 0 radical (unpaired) electrons. The average molecular weight is 522 g/mol. The number of rotatable bonds is 7. The van der Waals surface area contributed by atoms with E-state index < -0.39 is 44.1 Å². The van der Waals surface area contributed by atoms with E-state index in [1.807, 2.05) is 6.92 Å². The molecule has 2 aromatic carbocycles. The molecule has 0 amide bonds. The molecule has 0 unspecified atom stereocenters. The first-order valence-corrected chi connectivity index (χ1v) is 9.14.